The lowest BCUT2D eigenvalue weighted by Crippen LogP contribution is -2.02. The molecule has 2 N–H and O–H groups in total. The molecule has 0 saturated carbocycles. The molecule has 0 aliphatic carbocycles. The first-order valence-electron chi connectivity index (χ1n) is 5.27. The lowest BCUT2D eigenvalue weighted by atomic mass is 10.2. The van der Waals surface area contributed by atoms with Gasteiger partial charge in [0.25, 0.3) is 0 Å². The minimum absolute atomic E-state index is 0.0817. The summed E-state index contributed by atoms with van der Waals surface area (Å²) in [5, 5.41) is 11.4. The summed E-state index contributed by atoms with van der Waals surface area (Å²) in [5.41, 5.74) is -0.0483. The molecule has 19 heavy (non-hydrogen) atoms. The zero-order valence-electron chi connectivity index (χ0n) is 9.92. The van der Waals surface area contributed by atoms with Crippen LogP contribution in [-0.4, -0.2) is 28.2 Å². The van der Waals surface area contributed by atoms with Crippen molar-refractivity contribution in [3.8, 4) is 5.88 Å². The number of anilines is 2. The Morgan fingerprint density at radius 2 is 2.21 bits per heavy atom. The maximum absolute atomic E-state index is 13.7. The highest BCUT2D eigenvalue weighted by Gasteiger charge is 2.09. The average Bonchev–Trinajstić information content (AvgIpc) is 2.41. The fourth-order valence-corrected chi connectivity index (χ4v) is 1.39. The molecule has 6 nitrogen and oxygen atoms in total. The molecule has 0 unspecified atom stereocenters. The quantitative estimate of drug-likeness (QED) is 0.878. The molecule has 0 fully saturated rings. The number of carboxylic acid groups (broad SMARTS) is 1. The number of aromatic nitrogens is 2. The predicted octanol–water partition coefficient (Wildman–Crippen LogP) is 2.07. The molecule has 2 rings (SSSR count). The third kappa shape index (κ3) is 2.95. The Hall–Kier alpha value is -2.70. The van der Waals surface area contributed by atoms with Crippen LogP contribution in [0.2, 0.25) is 0 Å². The molecule has 0 bridgehead atoms. The molecule has 2 aromatic rings. The van der Waals surface area contributed by atoms with Crippen molar-refractivity contribution in [2.75, 3.05) is 12.4 Å². The fraction of sp³-hybridized carbons (Fsp3) is 0.0833. The van der Waals surface area contributed by atoms with Gasteiger partial charge in [0.2, 0.25) is 11.8 Å². The van der Waals surface area contributed by atoms with E-state index in [1.165, 1.54) is 25.4 Å². The SMILES string of the molecule is COc1ccnc(Nc2ccc(C(=O)O)cc2F)n1. The minimum Gasteiger partial charge on any atom is -0.481 e. The molecule has 1 heterocycles. The van der Waals surface area contributed by atoms with Crippen molar-refractivity contribution in [3.05, 3.63) is 41.8 Å². The van der Waals surface area contributed by atoms with Crippen molar-refractivity contribution in [1.29, 1.82) is 0 Å². The number of aromatic carboxylic acids is 1. The number of methoxy groups -OCH3 is 1. The van der Waals surface area contributed by atoms with Gasteiger partial charge in [-0.15, -0.1) is 0 Å². The zero-order valence-corrected chi connectivity index (χ0v) is 9.92. The Labute approximate surface area is 107 Å². The van der Waals surface area contributed by atoms with E-state index in [9.17, 15) is 9.18 Å². The van der Waals surface area contributed by atoms with Crippen molar-refractivity contribution in [3.63, 3.8) is 0 Å². The number of halogens is 1. The molecule has 0 aliphatic heterocycles. The first kappa shape index (κ1) is 12.7. The van der Waals surface area contributed by atoms with Crippen LogP contribution in [0.15, 0.2) is 30.5 Å². The summed E-state index contributed by atoms with van der Waals surface area (Å²) in [7, 11) is 1.45. The Morgan fingerprint density at radius 1 is 1.42 bits per heavy atom. The highest BCUT2D eigenvalue weighted by Crippen LogP contribution is 2.19. The standard InChI is InChI=1S/C12H10FN3O3/c1-19-10-4-5-14-12(16-10)15-9-3-2-7(11(17)18)6-8(9)13/h2-6H,1H3,(H,17,18)(H,14,15,16). The van der Waals surface area contributed by atoms with Crippen LogP contribution in [0.1, 0.15) is 10.4 Å². The van der Waals surface area contributed by atoms with Gasteiger partial charge in [0.15, 0.2) is 0 Å². The summed E-state index contributed by atoms with van der Waals surface area (Å²) in [4.78, 5) is 18.5. The molecular weight excluding hydrogens is 253 g/mol. The van der Waals surface area contributed by atoms with Crippen LogP contribution in [0.25, 0.3) is 0 Å². The highest BCUT2D eigenvalue weighted by atomic mass is 19.1. The van der Waals surface area contributed by atoms with Crippen LogP contribution < -0.4 is 10.1 Å². The third-order valence-electron chi connectivity index (χ3n) is 2.30. The zero-order chi connectivity index (χ0) is 13.8. The van der Waals surface area contributed by atoms with Gasteiger partial charge in [-0.3, -0.25) is 0 Å². The van der Waals surface area contributed by atoms with Gasteiger partial charge in [0, 0.05) is 12.3 Å². The normalized spacial score (nSPS) is 10.0. The summed E-state index contributed by atoms with van der Waals surface area (Å²) >= 11 is 0. The number of benzene rings is 1. The van der Waals surface area contributed by atoms with Gasteiger partial charge in [0.1, 0.15) is 5.82 Å². The van der Waals surface area contributed by atoms with Gasteiger partial charge in [-0.05, 0) is 18.2 Å². The molecule has 7 heteroatoms. The Kier molecular flexibility index (Phi) is 3.56. The predicted molar refractivity (Wildman–Crippen MR) is 65.2 cm³/mol. The van der Waals surface area contributed by atoms with E-state index in [2.05, 4.69) is 15.3 Å². The molecular formula is C12H10FN3O3. The average molecular weight is 263 g/mol. The van der Waals surface area contributed by atoms with E-state index in [1.54, 1.807) is 6.07 Å². The number of carbonyl (C=O) groups is 1. The third-order valence-corrected chi connectivity index (χ3v) is 2.30. The fourth-order valence-electron chi connectivity index (χ4n) is 1.39. The Balaban J connectivity index is 2.25. The van der Waals surface area contributed by atoms with Crippen LogP contribution >= 0.6 is 0 Å². The lowest BCUT2D eigenvalue weighted by Gasteiger charge is -2.07. The Bertz CT molecular complexity index is 619. The highest BCUT2D eigenvalue weighted by molar-refractivity contribution is 5.88. The van der Waals surface area contributed by atoms with Gasteiger partial charge < -0.3 is 15.2 Å². The summed E-state index contributed by atoms with van der Waals surface area (Å²) < 4.78 is 18.6. The molecule has 0 aliphatic rings. The largest absolute Gasteiger partial charge is 0.481 e. The number of nitrogens with zero attached hydrogens (tertiary/aromatic N) is 2. The van der Waals surface area contributed by atoms with Crippen LogP contribution in [0.5, 0.6) is 5.88 Å². The van der Waals surface area contributed by atoms with Crippen molar-refractivity contribution in [2.24, 2.45) is 0 Å². The number of nitrogens with one attached hydrogen (secondary N) is 1. The van der Waals surface area contributed by atoms with E-state index in [0.717, 1.165) is 6.07 Å². The molecule has 98 valence electrons. The van der Waals surface area contributed by atoms with Gasteiger partial charge in [-0.25, -0.2) is 14.2 Å². The Morgan fingerprint density at radius 3 is 2.84 bits per heavy atom. The summed E-state index contributed by atoms with van der Waals surface area (Å²) in [5.74, 6) is -1.41. The lowest BCUT2D eigenvalue weighted by molar-refractivity contribution is 0.0696. The number of rotatable bonds is 4. The van der Waals surface area contributed by atoms with E-state index in [0.29, 0.717) is 5.88 Å². The second kappa shape index (κ2) is 5.30. The van der Waals surface area contributed by atoms with Crippen LogP contribution in [0.3, 0.4) is 0 Å². The van der Waals surface area contributed by atoms with Gasteiger partial charge in [0.05, 0.1) is 18.4 Å². The molecule has 0 amide bonds. The van der Waals surface area contributed by atoms with E-state index in [1.807, 2.05) is 0 Å². The van der Waals surface area contributed by atoms with E-state index in [-0.39, 0.29) is 17.2 Å². The first-order chi connectivity index (χ1) is 9.10. The molecule has 1 aromatic heterocycles. The van der Waals surface area contributed by atoms with Crippen LogP contribution in [-0.2, 0) is 0 Å². The summed E-state index contributed by atoms with van der Waals surface area (Å²) in [6, 6.07) is 5.06. The molecule has 0 radical (unpaired) electrons. The van der Waals surface area contributed by atoms with Gasteiger partial charge >= 0.3 is 5.97 Å². The van der Waals surface area contributed by atoms with E-state index >= 15 is 0 Å². The van der Waals surface area contributed by atoms with Crippen molar-refractivity contribution in [1.82, 2.24) is 9.97 Å². The second-order valence-corrected chi connectivity index (χ2v) is 3.55. The maximum Gasteiger partial charge on any atom is 0.335 e. The first-order valence-corrected chi connectivity index (χ1v) is 5.27. The summed E-state index contributed by atoms with van der Waals surface area (Å²) in [6.07, 6.45) is 1.46. The van der Waals surface area contributed by atoms with Crippen molar-refractivity contribution < 1.29 is 19.0 Å². The monoisotopic (exact) mass is 263 g/mol. The van der Waals surface area contributed by atoms with E-state index in [4.69, 9.17) is 9.84 Å². The molecule has 0 spiro atoms. The van der Waals surface area contributed by atoms with Crippen LogP contribution in [0, 0.1) is 5.82 Å². The molecule has 0 saturated heterocycles. The minimum atomic E-state index is -1.19. The topological polar surface area (TPSA) is 84.3 Å². The molecule has 1 aromatic carbocycles. The number of carboxylic acids is 1. The smallest absolute Gasteiger partial charge is 0.335 e. The second-order valence-electron chi connectivity index (χ2n) is 3.55. The maximum atomic E-state index is 13.7. The van der Waals surface area contributed by atoms with Gasteiger partial charge in [-0.1, -0.05) is 0 Å². The van der Waals surface area contributed by atoms with Crippen molar-refractivity contribution in [2.45, 2.75) is 0 Å². The number of hydrogen-bond acceptors (Lipinski definition) is 5. The van der Waals surface area contributed by atoms with Gasteiger partial charge in [-0.2, -0.15) is 4.98 Å². The van der Waals surface area contributed by atoms with E-state index < -0.39 is 11.8 Å². The molecule has 0 atom stereocenters. The number of ether oxygens (including phenoxy) is 1. The van der Waals surface area contributed by atoms with Crippen molar-refractivity contribution >= 4 is 17.6 Å². The van der Waals surface area contributed by atoms with Crippen LogP contribution in [0.4, 0.5) is 16.0 Å². The summed E-state index contributed by atoms with van der Waals surface area (Å²) in [6.45, 7) is 0. The number of hydrogen-bond donors (Lipinski definition) is 2.